The molecule has 1 rings (SSSR count). The van der Waals surface area contributed by atoms with Crippen molar-refractivity contribution < 1.29 is 5.11 Å². The van der Waals surface area contributed by atoms with Crippen LogP contribution >= 0.6 is 15.9 Å². The number of aliphatic hydroxyl groups is 1. The van der Waals surface area contributed by atoms with Gasteiger partial charge in [-0.1, -0.05) is 28.1 Å². The summed E-state index contributed by atoms with van der Waals surface area (Å²) in [5, 5.41) is 12.2. The summed E-state index contributed by atoms with van der Waals surface area (Å²) >= 11 is 3.40. The Labute approximate surface area is 93.5 Å². The average molecular weight is 258 g/mol. The molecule has 2 atom stereocenters. The van der Waals surface area contributed by atoms with Crippen LogP contribution in [-0.2, 0) is 0 Å². The number of halogens is 1. The first-order valence-electron chi connectivity index (χ1n) is 4.76. The van der Waals surface area contributed by atoms with Crippen molar-refractivity contribution in [2.24, 2.45) is 0 Å². The summed E-state index contributed by atoms with van der Waals surface area (Å²) in [6.45, 7) is 4.23. The lowest BCUT2D eigenvalue weighted by Gasteiger charge is -2.18. The van der Waals surface area contributed by atoms with Crippen LogP contribution in [0, 0.1) is 0 Å². The van der Waals surface area contributed by atoms with Gasteiger partial charge < -0.3 is 10.4 Å². The largest absolute Gasteiger partial charge is 0.395 e. The van der Waals surface area contributed by atoms with Crippen LogP contribution in [0.1, 0.15) is 25.5 Å². The fourth-order valence-corrected chi connectivity index (χ4v) is 1.59. The minimum Gasteiger partial charge on any atom is -0.395 e. The molecule has 0 aromatic heterocycles. The van der Waals surface area contributed by atoms with Gasteiger partial charge in [0, 0.05) is 16.6 Å². The molecule has 0 radical (unpaired) electrons. The second-order valence-corrected chi connectivity index (χ2v) is 4.44. The minimum atomic E-state index is 0.133. The molecule has 2 nitrogen and oxygen atoms in total. The third kappa shape index (κ3) is 3.40. The maximum Gasteiger partial charge on any atom is 0.0582 e. The van der Waals surface area contributed by atoms with Crippen LogP contribution in [0.25, 0.3) is 0 Å². The molecule has 0 heterocycles. The maximum atomic E-state index is 8.90. The summed E-state index contributed by atoms with van der Waals surface area (Å²) < 4.78 is 1.09. The van der Waals surface area contributed by atoms with Crippen LogP contribution in [0.5, 0.6) is 0 Å². The molecular weight excluding hydrogens is 242 g/mol. The number of benzene rings is 1. The van der Waals surface area contributed by atoms with Gasteiger partial charge >= 0.3 is 0 Å². The van der Waals surface area contributed by atoms with Crippen molar-refractivity contribution in [1.29, 1.82) is 0 Å². The van der Waals surface area contributed by atoms with E-state index in [9.17, 15) is 0 Å². The van der Waals surface area contributed by atoms with E-state index in [1.54, 1.807) is 0 Å². The van der Waals surface area contributed by atoms with Gasteiger partial charge in [-0.25, -0.2) is 0 Å². The van der Waals surface area contributed by atoms with Crippen LogP contribution in [0.2, 0.25) is 0 Å². The highest BCUT2D eigenvalue weighted by molar-refractivity contribution is 9.10. The van der Waals surface area contributed by atoms with E-state index < -0.39 is 0 Å². The second kappa shape index (κ2) is 5.49. The van der Waals surface area contributed by atoms with Crippen LogP contribution in [0.4, 0.5) is 0 Å². The first-order chi connectivity index (χ1) is 6.63. The van der Waals surface area contributed by atoms with E-state index in [-0.39, 0.29) is 18.7 Å². The van der Waals surface area contributed by atoms with Crippen molar-refractivity contribution in [1.82, 2.24) is 5.32 Å². The Balaban J connectivity index is 2.60. The molecule has 0 saturated carbocycles. The number of rotatable bonds is 4. The van der Waals surface area contributed by atoms with Gasteiger partial charge in [-0.2, -0.15) is 0 Å². The van der Waals surface area contributed by atoms with E-state index in [1.807, 2.05) is 19.1 Å². The van der Waals surface area contributed by atoms with E-state index in [4.69, 9.17) is 5.11 Å². The number of aliphatic hydroxyl groups excluding tert-OH is 1. The van der Waals surface area contributed by atoms with Crippen LogP contribution in [0.3, 0.4) is 0 Å². The molecule has 0 fully saturated rings. The van der Waals surface area contributed by atoms with Gasteiger partial charge in [0.2, 0.25) is 0 Å². The average Bonchev–Trinajstić information content (AvgIpc) is 2.18. The summed E-state index contributed by atoms with van der Waals surface area (Å²) in [5.41, 5.74) is 1.23. The van der Waals surface area contributed by atoms with Gasteiger partial charge in [-0.05, 0) is 31.5 Å². The summed E-state index contributed by atoms with van der Waals surface area (Å²) in [6.07, 6.45) is 0. The first kappa shape index (κ1) is 11.7. The Morgan fingerprint density at radius 3 is 2.36 bits per heavy atom. The molecule has 0 saturated heterocycles. The van der Waals surface area contributed by atoms with Crippen molar-refractivity contribution in [3.05, 3.63) is 34.3 Å². The third-order valence-electron chi connectivity index (χ3n) is 2.18. The molecule has 78 valence electrons. The standard InChI is InChI=1S/C11H16BrNO/c1-8(7-14)13-9(2)10-3-5-11(12)6-4-10/h3-6,8-9,13-14H,7H2,1-2H3/t8-,9?/m0/s1. The minimum absolute atomic E-state index is 0.133. The van der Waals surface area contributed by atoms with Gasteiger partial charge in [0.15, 0.2) is 0 Å². The van der Waals surface area contributed by atoms with E-state index in [1.165, 1.54) is 5.56 Å². The lowest BCUT2D eigenvalue weighted by atomic mass is 10.1. The maximum absolute atomic E-state index is 8.90. The van der Waals surface area contributed by atoms with Gasteiger partial charge in [0.05, 0.1) is 6.61 Å². The molecule has 0 bridgehead atoms. The lowest BCUT2D eigenvalue weighted by Crippen LogP contribution is -2.31. The molecule has 2 N–H and O–H groups in total. The molecule has 3 heteroatoms. The number of hydrogen-bond acceptors (Lipinski definition) is 2. The molecular formula is C11H16BrNO. The summed E-state index contributed by atoms with van der Waals surface area (Å²) in [6, 6.07) is 8.60. The zero-order valence-electron chi connectivity index (χ0n) is 8.50. The molecule has 1 aromatic carbocycles. The number of nitrogens with one attached hydrogen (secondary N) is 1. The quantitative estimate of drug-likeness (QED) is 0.869. The fourth-order valence-electron chi connectivity index (χ4n) is 1.33. The fraction of sp³-hybridized carbons (Fsp3) is 0.455. The molecule has 0 aliphatic heterocycles. The van der Waals surface area contributed by atoms with Crippen molar-refractivity contribution >= 4 is 15.9 Å². The van der Waals surface area contributed by atoms with Gasteiger partial charge in [0.1, 0.15) is 0 Å². The Morgan fingerprint density at radius 2 is 1.86 bits per heavy atom. The Hall–Kier alpha value is -0.380. The monoisotopic (exact) mass is 257 g/mol. The summed E-state index contributed by atoms with van der Waals surface area (Å²) in [5.74, 6) is 0. The smallest absolute Gasteiger partial charge is 0.0582 e. The van der Waals surface area contributed by atoms with Gasteiger partial charge in [0.25, 0.3) is 0 Å². The highest BCUT2D eigenvalue weighted by Crippen LogP contribution is 2.16. The molecule has 1 aromatic rings. The van der Waals surface area contributed by atoms with Gasteiger partial charge in [-0.15, -0.1) is 0 Å². The number of hydrogen-bond donors (Lipinski definition) is 2. The van der Waals surface area contributed by atoms with Crippen molar-refractivity contribution in [3.63, 3.8) is 0 Å². The lowest BCUT2D eigenvalue weighted by molar-refractivity contribution is 0.243. The predicted octanol–water partition coefficient (Wildman–Crippen LogP) is 2.48. The van der Waals surface area contributed by atoms with E-state index in [0.717, 1.165) is 4.47 Å². The van der Waals surface area contributed by atoms with Crippen LogP contribution in [-0.4, -0.2) is 17.8 Å². The third-order valence-corrected chi connectivity index (χ3v) is 2.71. The van der Waals surface area contributed by atoms with Crippen LogP contribution in [0.15, 0.2) is 28.7 Å². The molecule has 14 heavy (non-hydrogen) atoms. The summed E-state index contributed by atoms with van der Waals surface area (Å²) in [4.78, 5) is 0. The highest BCUT2D eigenvalue weighted by atomic mass is 79.9. The summed E-state index contributed by atoms with van der Waals surface area (Å²) in [7, 11) is 0. The predicted molar refractivity (Wildman–Crippen MR) is 62.2 cm³/mol. The molecule has 0 spiro atoms. The first-order valence-corrected chi connectivity index (χ1v) is 5.55. The van der Waals surface area contributed by atoms with E-state index in [0.29, 0.717) is 0 Å². The van der Waals surface area contributed by atoms with Crippen molar-refractivity contribution in [2.45, 2.75) is 25.9 Å². The van der Waals surface area contributed by atoms with Crippen molar-refractivity contribution in [3.8, 4) is 0 Å². The van der Waals surface area contributed by atoms with Crippen molar-refractivity contribution in [2.75, 3.05) is 6.61 Å². The topological polar surface area (TPSA) is 32.3 Å². The van der Waals surface area contributed by atoms with E-state index >= 15 is 0 Å². The molecule has 0 aliphatic carbocycles. The zero-order valence-corrected chi connectivity index (χ0v) is 10.1. The molecule has 0 amide bonds. The second-order valence-electron chi connectivity index (χ2n) is 3.52. The molecule has 0 aliphatic rings. The Bertz CT molecular complexity index is 273. The normalized spacial score (nSPS) is 15.1. The van der Waals surface area contributed by atoms with E-state index in [2.05, 4.69) is 40.3 Å². The molecule has 1 unspecified atom stereocenters. The van der Waals surface area contributed by atoms with Gasteiger partial charge in [-0.3, -0.25) is 0 Å². The van der Waals surface area contributed by atoms with Crippen LogP contribution < -0.4 is 5.32 Å². The zero-order chi connectivity index (χ0) is 10.6. The Kier molecular flexibility index (Phi) is 4.58. The Morgan fingerprint density at radius 1 is 1.29 bits per heavy atom. The SMILES string of the molecule is CC(N[C@@H](C)CO)c1ccc(Br)cc1. The highest BCUT2D eigenvalue weighted by Gasteiger charge is 2.07.